The minimum absolute atomic E-state index is 0.455. The van der Waals surface area contributed by atoms with Gasteiger partial charge in [0.15, 0.2) is 0 Å². The minimum atomic E-state index is 0.455. The Morgan fingerprint density at radius 1 is 1.13 bits per heavy atom. The van der Waals surface area contributed by atoms with Crippen molar-refractivity contribution in [2.75, 3.05) is 26.2 Å². The maximum atomic E-state index is 3.37. The first-order chi connectivity index (χ1) is 6.92. The summed E-state index contributed by atoms with van der Waals surface area (Å²) in [5.41, 5.74) is 0.998. The van der Waals surface area contributed by atoms with E-state index in [-0.39, 0.29) is 0 Å². The van der Waals surface area contributed by atoms with Crippen LogP contribution in [0.2, 0.25) is 0 Å². The normalized spacial score (nSPS) is 28.8. The lowest BCUT2D eigenvalue weighted by Crippen LogP contribution is -2.60. The zero-order valence-corrected chi connectivity index (χ0v) is 10.8. The van der Waals surface area contributed by atoms with Crippen LogP contribution in [0.15, 0.2) is 0 Å². The first-order valence-corrected chi connectivity index (χ1v) is 6.37. The van der Waals surface area contributed by atoms with Crippen molar-refractivity contribution in [2.45, 2.75) is 46.6 Å². The summed E-state index contributed by atoms with van der Waals surface area (Å²) >= 11 is 0. The highest BCUT2D eigenvalue weighted by Crippen LogP contribution is 2.46. The number of hydrogen-bond acceptors (Lipinski definition) is 2. The molecule has 2 nitrogen and oxygen atoms in total. The third kappa shape index (κ3) is 2.07. The standard InChI is InChI=1S/C13H26N2/c1-12(2,3)13(4)5-7-15(8-6-13)11-9-14-10-11/h11,14H,5-10H2,1-4H3. The van der Waals surface area contributed by atoms with Gasteiger partial charge < -0.3 is 5.32 Å². The Hall–Kier alpha value is -0.0800. The van der Waals surface area contributed by atoms with Crippen molar-refractivity contribution < 1.29 is 0 Å². The van der Waals surface area contributed by atoms with Crippen LogP contribution >= 0.6 is 0 Å². The lowest BCUT2D eigenvalue weighted by Gasteiger charge is -2.50. The highest BCUT2D eigenvalue weighted by Gasteiger charge is 2.41. The summed E-state index contributed by atoms with van der Waals surface area (Å²) in [5.74, 6) is 0. The monoisotopic (exact) mass is 210 g/mol. The van der Waals surface area contributed by atoms with E-state index in [9.17, 15) is 0 Å². The van der Waals surface area contributed by atoms with E-state index in [4.69, 9.17) is 0 Å². The van der Waals surface area contributed by atoms with Crippen LogP contribution in [0.5, 0.6) is 0 Å². The molecule has 0 unspecified atom stereocenters. The fourth-order valence-electron chi connectivity index (χ4n) is 2.66. The fourth-order valence-corrected chi connectivity index (χ4v) is 2.66. The molecule has 0 atom stereocenters. The summed E-state index contributed by atoms with van der Waals surface area (Å²) in [5, 5.41) is 3.37. The number of nitrogens with one attached hydrogen (secondary N) is 1. The maximum Gasteiger partial charge on any atom is 0.0345 e. The molecule has 2 aliphatic rings. The zero-order valence-electron chi connectivity index (χ0n) is 10.8. The molecule has 2 heteroatoms. The van der Waals surface area contributed by atoms with E-state index in [0.29, 0.717) is 10.8 Å². The van der Waals surface area contributed by atoms with Crippen LogP contribution < -0.4 is 5.32 Å². The molecule has 0 aromatic rings. The van der Waals surface area contributed by atoms with Crippen LogP contribution in [0.3, 0.4) is 0 Å². The van der Waals surface area contributed by atoms with Crippen molar-refractivity contribution in [3.63, 3.8) is 0 Å². The van der Waals surface area contributed by atoms with E-state index in [1.165, 1.54) is 39.0 Å². The first-order valence-electron chi connectivity index (χ1n) is 6.37. The Morgan fingerprint density at radius 2 is 1.67 bits per heavy atom. The van der Waals surface area contributed by atoms with Crippen LogP contribution in [0.25, 0.3) is 0 Å². The van der Waals surface area contributed by atoms with Gasteiger partial charge in [-0.05, 0) is 36.8 Å². The number of likely N-dealkylation sites (tertiary alicyclic amines) is 1. The zero-order chi connectivity index (χ0) is 11.1. The van der Waals surface area contributed by atoms with E-state index >= 15 is 0 Å². The molecule has 0 radical (unpaired) electrons. The van der Waals surface area contributed by atoms with Crippen molar-refractivity contribution in [1.82, 2.24) is 10.2 Å². The highest BCUT2D eigenvalue weighted by molar-refractivity contribution is 4.94. The molecule has 88 valence electrons. The molecule has 2 rings (SSSR count). The van der Waals surface area contributed by atoms with Crippen molar-refractivity contribution in [1.29, 1.82) is 0 Å². The summed E-state index contributed by atoms with van der Waals surface area (Å²) in [6.45, 7) is 14.7. The van der Waals surface area contributed by atoms with E-state index in [1.807, 2.05) is 0 Å². The number of hydrogen-bond donors (Lipinski definition) is 1. The van der Waals surface area contributed by atoms with Gasteiger partial charge in [-0.25, -0.2) is 0 Å². The molecule has 2 fully saturated rings. The summed E-state index contributed by atoms with van der Waals surface area (Å²) in [6, 6.07) is 0.842. The molecule has 0 aromatic heterocycles. The Morgan fingerprint density at radius 3 is 2.00 bits per heavy atom. The van der Waals surface area contributed by atoms with Crippen LogP contribution in [-0.2, 0) is 0 Å². The molecule has 2 heterocycles. The van der Waals surface area contributed by atoms with Gasteiger partial charge in [0.2, 0.25) is 0 Å². The largest absolute Gasteiger partial charge is 0.314 e. The van der Waals surface area contributed by atoms with Gasteiger partial charge in [0.05, 0.1) is 0 Å². The number of rotatable bonds is 1. The third-order valence-corrected chi connectivity index (χ3v) is 4.99. The van der Waals surface area contributed by atoms with Gasteiger partial charge in [0.25, 0.3) is 0 Å². The van der Waals surface area contributed by atoms with E-state index < -0.39 is 0 Å². The molecule has 1 N–H and O–H groups in total. The van der Waals surface area contributed by atoms with Gasteiger partial charge in [-0.15, -0.1) is 0 Å². The Bertz CT molecular complexity index is 217. The second kappa shape index (κ2) is 3.74. The SMILES string of the molecule is CC(C)(C)C1(C)CCN(C2CNC2)CC1. The smallest absolute Gasteiger partial charge is 0.0345 e. The molecule has 0 bridgehead atoms. The third-order valence-electron chi connectivity index (χ3n) is 4.99. The van der Waals surface area contributed by atoms with Gasteiger partial charge in [0, 0.05) is 19.1 Å². The highest BCUT2D eigenvalue weighted by atomic mass is 15.2. The molecule has 0 saturated carbocycles. The predicted molar refractivity (Wildman–Crippen MR) is 65.0 cm³/mol. The average Bonchev–Trinajstić information content (AvgIpc) is 2.04. The molecule has 2 saturated heterocycles. The molecule has 0 aliphatic carbocycles. The maximum absolute atomic E-state index is 3.37. The van der Waals surface area contributed by atoms with E-state index in [2.05, 4.69) is 37.9 Å². The molecular formula is C13H26N2. The van der Waals surface area contributed by atoms with Crippen molar-refractivity contribution >= 4 is 0 Å². The van der Waals surface area contributed by atoms with Gasteiger partial charge in [-0.3, -0.25) is 4.90 Å². The summed E-state index contributed by atoms with van der Waals surface area (Å²) in [4.78, 5) is 2.68. The predicted octanol–water partition coefficient (Wildman–Crippen LogP) is 2.11. The van der Waals surface area contributed by atoms with Crippen LogP contribution in [-0.4, -0.2) is 37.1 Å². The molecule has 0 aromatic carbocycles. The van der Waals surface area contributed by atoms with E-state index in [0.717, 1.165) is 6.04 Å². The second-order valence-electron chi connectivity index (χ2n) is 6.66. The van der Waals surface area contributed by atoms with Crippen molar-refractivity contribution in [3.05, 3.63) is 0 Å². The van der Waals surface area contributed by atoms with Gasteiger partial charge in [-0.2, -0.15) is 0 Å². The minimum Gasteiger partial charge on any atom is -0.314 e. The van der Waals surface area contributed by atoms with Crippen molar-refractivity contribution in [2.24, 2.45) is 10.8 Å². The number of piperidine rings is 1. The molecule has 0 amide bonds. The van der Waals surface area contributed by atoms with Crippen LogP contribution in [0, 0.1) is 10.8 Å². The molecule has 15 heavy (non-hydrogen) atoms. The fraction of sp³-hybridized carbons (Fsp3) is 1.00. The first kappa shape index (κ1) is 11.4. The Balaban J connectivity index is 1.90. The summed E-state index contributed by atoms with van der Waals surface area (Å²) < 4.78 is 0. The lowest BCUT2D eigenvalue weighted by molar-refractivity contribution is -0.00174. The quantitative estimate of drug-likeness (QED) is 0.713. The molecular weight excluding hydrogens is 184 g/mol. The second-order valence-corrected chi connectivity index (χ2v) is 6.66. The Labute approximate surface area is 94.4 Å². The summed E-state index contributed by atoms with van der Waals surface area (Å²) in [6.07, 6.45) is 2.74. The van der Waals surface area contributed by atoms with Crippen LogP contribution in [0.4, 0.5) is 0 Å². The van der Waals surface area contributed by atoms with Gasteiger partial charge >= 0.3 is 0 Å². The summed E-state index contributed by atoms with van der Waals surface area (Å²) in [7, 11) is 0. The number of nitrogens with zero attached hydrogens (tertiary/aromatic N) is 1. The topological polar surface area (TPSA) is 15.3 Å². The average molecular weight is 210 g/mol. The molecule has 0 spiro atoms. The van der Waals surface area contributed by atoms with Gasteiger partial charge in [-0.1, -0.05) is 27.7 Å². The van der Waals surface area contributed by atoms with Gasteiger partial charge in [0.1, 0.15) is 0 Å². The molecule has 2 aliphatic heterocycles. The lowest BCUT2D eigenvalue weighted by atomic mass is 9.62. The van der Waals surface area contributed by atoms with Crippen LogP contribution in [0.1, 0.15) is 40.5 Å². The van der Waals surface area contributed by atoms with E-state index in [1.54, 1.807) is 0 Å². The Kier molecular flexibility index (Phi) is 2.85. The van der Waals surface area contributed by atoms with Crippen molar-refractivity contribution in [3.8, 4) is 0 Å².